The van der Waals surface area contributed by atoms with E-state index in [1.165, 1.54) is 5.57 Å². The molecule has 14 heavy (non-hydrogen) atoms. The molecular weight excluding hydrogens is 176 g/mol. The average molecular weight is 190 g/mol. The highest BCUT2D eigenvalue weighted by Crippen LogP contribution is 2.38. The zero-order chi connectivity index (χ0) is 10.1. The number of hydrogen-bond acceptors (Lipinski definition) is 2. The molecule has 1 heterocycles. The molecule has 1 aliphatic rings. The number of hydrogen-bond donors (Lipinski definition) is 0. The molecule has 0 unspecified atom stereocenters. The van der Waals surface area contributed by atoms with Crippen molar-refractivity contribution < 1.29 is 9.21 Å². The Balaban J connectivity index is 2.36. The van der Waals surface area contributed by atoms with Gasteiger partial charge in [-0.2, -0.15) is 0 Å². The van der Waals surface area contributed by atoms with E-state index in [1.807, 2.05) is 19.1 Å². The van der Waals surface area contributed by atoms with E-state index in [9.17, 15) is 4.79 Å². The molecule has 2 rings (SSSR count). The van der Waals surface area contributed by atoms with Gasteiger partial charge in [-0.1, -0.05) is 12.5 Å². The van der Waals surface area contributed by atoms with Crippen LogP contribution in [0.25, 0.3) is 0 Å². The first-order chi connectivity index (χ1) is 6.74. The summed E-state index contributed by atoms with van der Waals surface area (Å²) < 4.78 is 5.36. The second kappa shape index (κ2) is 3.45. The molecule has 0 bridgehead atoms. The summed E-state index contributed by atoms with van der Waals surface area (Å²) in [6, 6.07) is 3.83. The fraction of sp³-hybridized carbons (Fsp3) is 0.417. The molecule has 1 aliphatic carbocycles. The van der Waals surface area contributed by atoms with E-state index in [4.69, 9.17) is 4.42 Å². The van der Waals surface area contributed by atoms with Crippen LogP contribution >= 0.6 is 0 Å². The molecule has 0 radical (unpaired) electrons. The molecule has 2 heteroatoms. The van der Waals surface area contributed by atoms with E-state index in [2.05, 4.69) is 6.92 Å². The zero-order valence-electron chi connectivity index (χ0n) is 8.54. The fourth-order valence-electron chi connectivity index (χ4n) is 2.18. The summed E-state index contributed by atoms with van der Waals surface area (Å²) in [5, 5.41) is 0. The lowest BCUT2D eigenvalue weighted by molar-refractivity contribution is -0.115. The quantitative estimate of drug-likeness (QED) is 0.717. The van der Waals surface area contributed by atoms with Crippen LogP contribution in [0.2, 0.25) is 0 Å². The van der Waals surface area contributed by atoms with Gasteiger partial charge < -0.3 is 4.42 Å². The number of Topliss-reactive ketones (excluding diaryl/α,β-unsaturated/α-hetero) is 1. The minimum absolute atomic E-state index is 0.197. The van der Waals surface area contributed by atoms with Gasteiger partial charge in [0.05, 0.1) is 6.26 Å². The van der Waals surface area contributed by atoms with E-state index >= 15 is 0 Å². The first-order valence-corrected chi connectivity index (χ1v) is 5.00. The van der Waals surface area contributed by atoms with Crippen molar-refractivity contribution in [2.45, 2.75) is 32.6 Å². The number of allylic oxidation sites excluding steroid dienone is 2. The number of carbonyl (C=O) groups is 1. The molecule has 0 saturated heterocycles. The van der Waals surface area contributed by atoms with Crippen LogP contribution in [-0.2, 0) is 4.79 Å². The number of furan rings is 1. The van der Waals surface area contributed by atoms with E-state index in [1.54, 1.807) is 6.26 Å². The lowest BCUT2D eigenvalue weighted by Gasteiger charge is -2.09. The van der Waals surface area contributed by atoms with Crippen molar-refractivity contribution in [1.82, 2.24) is 0 Å². The molecule has 0 N–H and O–H groups in total. The van der Waals surface area contributed by atoms with Gasteiger partial charge in [-0.05, 0) is 31.1 Å². The van der Waals surface area contributed by atoms with Gasteiger partial charge in [0.1, 0.15) is 5.76 Å². The maximum atomic E-state index is 11.5. The zero-order valence-corrected chi connectivity index (χ0v) is 8.54. The van der Waals surface area contributed by atoms with Crippen molar-refractivity contribution in [3.8, 4) is 0 Å². The molecule has 0 saturated carbocycles. The Morgan fingerprint density at radius 3 is 2.93 bits per heavy atom. The maximum Gasteiger partial charge on any atom is 0.159 e. The van der Waals surface area contributed by atoms with Gasteiger partial charge in [-0.3, -0.25) is 4.79 Å². The van der Waals surface area contributed by atoms with Crippen LogP contribution in [0.15, 0.2) is 34.0 Å². The summed E-state index contributed by atoms with van der Waals surface area (Å²) >= 11 is 0. The fourth-order valence-corrected chi connectivity index (χ4v) is 2.18. The van der Waals surface area contributed by atoms with E-state index in [-0.39, 0.29) is 11.7 Å². The van der Waals surface area contributed by atoms with Crippen molar-refractivity contribution in [3.05, 3.63) is 35.3 Å². The Hall–Kier alpha value is -1.31. The first-order valence-electron chi connectivity index (χ1n) is 5.00. The second-order valence-electron chi connectivity index (χ2n) is 3.70. The summed E-state index contributed by atoms with van der Waals surface area (Å²) in [4.78, 5) is 11.5. The summed E-state index contributed by atoms with van der Waals surface area (Å²) in [6.07, 6.45) is 3.19. The molecule has 0 spiro atoms. The molecule has 0 aliphatic heterocycles. The number of ketones is 1. The highest BCUT2D eigenvalue weighted by molar-refractivity contribution is 5.99. The smallest absolute Gasteiger partial charge is 0.159 e. The van der Waals surface area contributed by atoms with Crippen molar-refractivity contribution in [3.63, 3.8) is 0 Å². The Morgan fingerprint density at radius 2 is 2.36 bits per heavy atom. The van der Waals surface area contributed by atoms with Crippen molar-refractivity contribution in [2.24, 2.45) is 0 Å². The van der Waals surface area contributed by atoms with Gasteiger partial charge in [-0.15, -0.1) is 0 Å². The minimum atomic E-state index is 0.197. The molecule has 74 valence electrons. The monoisotopic (exact) mass is 190 g/mol. The molecule has 0 aromatic carbocycles. The maximum absolute atomic E-state index is 11.5. The molecule has 0 amide bonds. The number of rotatable bonds is 2. The van der Waals surface area contributed by atoms with Crippen molar-refractivity contribution >= 4 is 5.78 Å². The molecule has 2 nitrogen and oxygen atoms in total. The predicted octanol–water partition coefficient (Wildman–Crippen LogP) is 3.06. The van der Waals surface area contributed by atoms with Crippen LogP contribution in [-0.4, -0.2) is 5.78 Å². The van der Waals surface area contributed by atoms with Crippen LogP contribution in [0.5, 0.6) is 0 Å². The van der Waals surface area contributed by atoms with Gasteiger partial charge >= 0.3 is 0 Å². The summed E-state index contributed by atoms with van der Waals surface area (Å²) in [5.41, 5.74) is 2.18. The van der Waals surface area contributed by atoms with Gasteiger partial charge in [0.25, 0.3) is 0 Å². The Kier molecular flexibility index (Phi) is 2.28. The van der Waals surface area contributed by atoms with E-state index in [0.29, 0.717) is 6.42 Å². The lowest BCUT2D eigenvalue weighted by Crippen LogP contribution is -1.97. The van der Waals surface area contributed by atoms with Crippen LogP contribution in [0.3, 0.4) is 0 Å². The molecule has 1 aromatic rings. The van der Waals surface area contributed by atoms with Gasteiger partial charge in [0.2, 0.25) is 0 Å². The summed E-state index contributed by atoms with van der Waals surface area (Å²) in [7, 11) is 0. The third-order valence-corrected chi connectivity index (χ3v) is 2.98. The highest BCUT2D eigenvalue weighted by Gasteiger charge is 2.31. The van der Waals surface area contributed by atoms with Crippen LogP contribution in [0.1, 0.15) is 38.4 Å². The van der Waals surface area contributed by atoms with Crippen LogP contribution in [0.4, 0.5) is 0 Å². The standard InChI is InChI=1S/C12H14O2/c1-3-9-8(2)11(13)7-10(9)12-5-4-6-14-12/h4-6,10H,3,7H2,1-2H3/t10-/m0/s1. The van der Waals surface area contributed by atoms with E-state index < -0.39 is 0 Å². The molecule has 1 atom stereocenters. The predicted molar refractivity (Wildman–Crippen MR) is 54.1 cm³/mol. The third-order valence-electron chi connectivity index (χ3n) is 2.98. The van der Waals surface area contributed by atoms with E-state index in [0.717, 1.165) is 17.8 Å². The minimum Gasteiger partial charge on any atom is -0.469 e. The van der Waals surface area contributed by atoms with Crippen LogP contribution in [0, 0.1) is 0 Å². The SMILES string of the molecule is CCC1=C(C)C(=O)C[C@@H]1c1ccco1. The van der Waals surface area contributed by atoms with Crippen molar-refractivity contribution in [1.29, 1.82) is 0 Å². The van der Waals surface area contributed by atoms with Gasteiger partial charge in [0, 0.05) is 12.3 Å². The molecule has 1 aromatic heterocycles. The van der Waals surface area contributed by atoms with Gasteiger partial charge in [-0.25, -0.2) is 0 Å². The van der Waals surface area contributed by atoms with Crippen LogP contribution < -0.4 is 0 Å². The van der Waals surface area contributed by atoms with Gasteiger partial charge in [0.15, 0.2) is 5.78 Å². The Morgan fingerprint density at radius 1 is 1.57 bits per heavy atom. The van der Waals surface area contributed by atoms with Crippen molar-refractivity contribution in [2.75, 3.05) is 0 Å². The summed E-state index contributed by atoms with van der Waals surface area (Å²) in [5.74, 6) is 1.39. The molecular formula is C12H14O2. The topological polar surface area (TPSA) is 30.2 Å². The average Bonchev–Trinajstić information content (AvgIpc) is 2.76. The largest absolute Gasteiger partial charge is 0.469 e. The third kappa shape index (κ3) is 1.31. The Bertz CT molecular complexity index is 371. The summed E-state index contributed by atoms with van der Waals surface area (Å²) in [6.45, 7) is 4.01. The normalized spacial score (nSPS) is 22.1. The number of carbonyl (C=O) groups excluding carboxylic acids is 1. The second-order valence-corrected chi connectivity index (χ2v) is 3.70. The Labute approximate surface area is 83.6 Å². The lowest BCUT2D eigenvalue weighted by atomic mass is 9.96. The molecule has 0 fully saturated rings. The highest BCUT2D eigenvalue weighted by atomic mass is 16.3. The first kappa shape index (κ1) is 9.25.